The zero-order chi connectivity index (χ0) is 22.0. The molecule has 0 aliphatic carbocycles. The first-order valence-corrected chi connectivity index (χ1v) is 11.4. The van der Waals surface area contributed by atoms with E-state index in [-0.39, 0.29) is 12.0 Å². The summed E-state index contributed by atoms with van der Waals surface area (Å²) < 4.78 is 12.0. The number of esters is 1. The Morgan fingerprint density at radius 2 is 1.72 bits per heavy atom. The zero-order valence-corrected chi connectivity index (χ0v) is 18.4. The second kappa shape index (κ2) is 8.79. The highest BCUT2D eigenvalue weighted by Crippen LogP contribution is 2.37. The molecular formula is C26H29N3O3. The summed E-state index contributed by atoms with van der Waals surface area (Å²) in [4.78, 5) is 20.1. The first kappa shape index (κ1) is 20.8. The van der Waals surface area contributed by atoms with Crippen molar-refractivity contribution in [2.24, 2.45) is 0 Å². The van der Waals surface area contributed by atoms with E-state index in [1.54, 1.807) is 0 Å². The van der Waals surface area contributed by atoms with E-state index in [2.05, 4.69) is 22.3 Å². The highest BCUT2D eigenvalue weighted by Gasteiger charge is 2.47. The zero-order valence-electron chi connectivity index (χ0n) is 18.4. The molecule has 2 fully saturated rings. The van der Waals surface area contributed by atoms with Crippen molar-refractivity contribution in [1.82, 2.24) is 10.3 Å². The van der Waals surface area contributed by atoms with Gasteiger partial charge in [-0.1, -0.05) is 60.7 Å². The number of carbonyl (C=O) groups is 1. The van der Waals surface area contributed by atoms with Crippen molar-refractivity contribution in [1.29, 1.82) is 0 Å². The number of oxazole rings is 1. The van der Waals surface area contributed by atoms with Crippen molar-refractivity contribution in [3.05, 3.63) is 72.1 Å². The fourth-order valence-corrected chi connectivity index (χ4v) is 4.61. The molecule has 0 saturated carbocycles. The number of hydrogen-bond donors (Lipinski definition) is 1. The lowest BCUT2D eigenvalue weighted by atomic mass is 9.96. The summed E-state index contributed by atoms with van der Waals surface area (Å²) in [5.74, 6) is 0.750. The van der Waals surface area contributed by atoms with E-state index in [1.807, 2.05) is 55.5 Å². The van der Waals surface area contributed by atoms with E-state index < -0.39 is 5.54 Å². The van der Waals surface area contributed by atoms with Gasteiger partial charge in [0.2, 0.25) is 11.8 Å². The number of benzene rings is 2. The number of morpholine rings is 1. The Morgan fingerprint density at radius 1 is 1.03 bits per heavy atom. The Balaban J connectivity index is 1.49. The first-order valence-electron chi connectivity index (χ1n) is 11.4. The van der Waals surface area contributed by atoms with Crippen molar-refractivity contribution in [2.75, 3.05) is 24.6 Å². The van der Waals surface area contributed by atoms with Crippen LogP contribution in [0.25, 0.3) is 11.3 Å². The number of nitrogens with zero attached hydrogens (tertiary/aromatic N) is 2. The molecule has 0 amide bonds. The summed E-state index contributed by atoms with van der Waals surface area (Å²) in [6.07, 6.45) is 4.24. The molecule has 166 valence electrons. The highest BCUT2D eigenvalue weighted by molar-refractivity contribution is 5.82. The molecule has 0 radical (unpaired) electrons. The molecule has 0 bridgehead atoms. The highest BCUT2D eigenvalue weighted by atomic mass is 16.5. The van der Waals surface area contributed by atoms with Crippen LogP contribution in [0.2, 0.25) is 0 Å². The van der Waals surface area contributed by atoms with Gasteiger partial charge in [0.05, 0.1) is 0 Å². The van der Waals surface area contributed by atoms with Crippen LogP contribution in [0.1, 0.15) is 37.6 Å². The second-order valence-corrected chi connectivity index (χ2v) is 8.84. The van der Waals surface area contributed by atoms with Gasteiger partial charge in [0.1, 0.15) is 12.3 Å². The van der Waals surface area contributed by atoms with Gasteiger partial charge < -0.3 is 14.1 Å². The molecular weight excluding hydrogens is 402 g/mol. The number of anilines is 1. The number of cyclic esters (lactones) is 1. The average molecular weight is 432 g/mol. The molecule has 0 spiro atoms. The maximum absolute atomic E-state index is 12.9. The molecule has 0 unspecified atom stereocenters. The third kappa shape index (κ3) is 4.02. The van der Waals surface area contributed by atoms with Crippen LogP contribution in [0.4, 0.5) is 5.88 Å². The fourth-order valence-electron chi connectivity index (χ4n) is 4.61. The van der Waals surface area contributed by atoms with Gasteiger partial charge in [0.25, 0.3) is 0 Å². The summed E-state index contributed by atoms with van der Waals surface area (Å²) in [6, 6.07) is 20.2. The second-order valence-electron chi connectivity index (χ2n) is 8.84. The van der Waals surface area contributed by atoms with Crippen LogP contribution in [-0.4, -0.2) is 36.7 Å². The van der Waals surface area contributed by atoms with Crippen molar-refractivity contribution in [3.8, 4) is 11.3 Å². The van der Waals surface area contributed by atoms with Crippen molar-refractivity contribution < 1.29 is 13.9 Å². The number of aromatic nitrogens is 1. The van der Waals surface area contributed by atoms with Gasteiger partial charge in [-0.05, 0) is 38.2 Å². The Morgan fingerprint density at radius 3 is 2.44 bits per heavy atom. The van der Waals surface area contributed by atoms with Gasteiger partial charge in [-0.3, -0.25) is 5.32 Å². The van der Waals surface area contributed by atoms with E-state index in [1.165, 1.54) is 12.0 Å². The number of piperidine rings is 1. The molecule has 2 saturated heterocycles. The van der Waals surface area contributed by atoms with Gasteiger partial charge in [-0.15, -0.1) is 0 Å². The van der Waals surface area contributed by atoms with Gasteiger partial charge in [0, 0.05) is 24.7 Å². The lowest BCUT2D eigenvalue weighted by Gasteiger charge is -2.35. The molecule has 2 atom stereocenters. The fraction of sp³-hybridized carbons (Fsp3) is 0.385. The van der Waals surface area contributed by atoms with E-state index in [0.717, 1.165) is 49.5 Å². The van der Waals surface area contributed by atoms with Gasteiger partial charge >= 0.3 is 5.97 Å². The number of ether oxygens (including phenoxy) is 1. The average Bonchev–Trinajstić information content (AvgIpc) is 3.30. The van der Waals surface area contributed by atoms with Crippen molar-refractivity contribution >= 4 is 11.9 Å². The minimum atomic E-state index is -1.14. The lowest BCUT2D eigenvalue weighted by molar-refractivity contribution is -0.160. The standard InChI is InChI=1S/C26H29N3O3/c1-26(25(30)31-18-21(28-26)17-19-11-5-2-6-12-19)24-27-22(20-13-7-3-8-14-20)23(32-24)29-15-9-4-10-16-29/h2-3,5-8,11-14,21,28H,4,9-10,15-18H2,1H3/t21-,26+/m0/s1. The van der Waals surface area contributed by atoms with Crippen LogP contribution in [0, 0.1) is 0 Å². The number of hydrogen-bond acceptors (Lipinski definition) is 6. The predicted molar refractivity (Wildman–Crippen MR) is 123 cm³/mol. The smallest absolute Gasteiger partial charge is 0.335 e. The molecule has 1 aromatic heterocycles. The van der Waals surface area contributed by atoms with Crippen molar-refractivity contribution in [2.45, 2.75) is 44.2 Å². The summed E-state index contributed by atoms with van der Waals surface area (Å²) in [6.45, 7) is 4.00. The number of carbonyl (C=O) groups excluding carboxylic acids is 1. The minimum Gasteiger partial charge on any atom is -0.462 e. The van der Waals surface area contributed by atoms with Crippen molar-refractivity contribution in [3.63, 3.8) is 0 Å². The molecule has 2 aromatic carbocycles. The Bertz CT molecular complexity index is 1060. The van der Waals surface area contributed by atoms with Crippen LogP contribution in [0.5, 0.6) is 0 Å². The van der Waals surface area contributed by atoms with Crippen LogP contribution >= 0.6 is 0 Å². The monoisotopic (exact) mass is 431 g/mol. The molecule has 2 aliphatic rings. The predicted octanol–water partition coefficient (Wildman–Crippen LogP) is 4.30. The van der Waals surface area contributed by atoms with E-state index in [9.17, 15) is 4.79 Å². The molecule has 32 heavy (non-hydrogen) atoms. The molecule has 1 N–H and O–H groups in total. The Labute approximate surface area is 188 Å². The molecule has 6 nitrogen and oxygen atoms in total. The maximum atomic E-state index is 12.9. The largest absolute Gasteiger partial charge is 0.462 e. The maximum Gasteiger partial charge on any atom is 0.335 e. The third-order valence-electron chi connectivity index (χ3n) is 6.37. The number of rotatable bonds is 5. The van der Waals surface area contributed by atoms with Crippen LogP contribution in [-0.2, 0) is 21.5 Å². The summed E-state index contributed by atoms with van der Waals surface area (Å²) >= 11 is 0. The van der Waals surface area contributed by atoms with Crippen LogP contribution in [0.15, 0.2) is 65.1 Å². The topological polar surface area (TPSA) is 67.6 Å². The molecule has 5 rings (SSSR count). The van der Waals surface area contributed by atoms with Crippen LogP contribution < -0.4 is 10.2 Å². The lowest BCUT2D eigenvalue weighted by Crippen LogP contribution is -2.59. The quantitative estimate of drug-likeness (QED) is 0.608. The van der Waals surface area contributed by atoms with E-state index in [0.29, 0.717) is 12.5 Å². The first-order chi connectivity index (χ1) is 15.6. The normalized spacial score (nSPS) is 23.7. The third-order valence-corrected chi connectivity index (χ3v) is 6.37. The minimum absolute atomic E-state index is 0.0226. The Kier molecular flexibility index (Phi) is 5.70. The molecule has 3 aromatic rings. The van der Waals surface area contributed by atoms with Crippen LogP contribution in [0.3, 0.4) is 0 Å². The molecule has 6 heteroatoms. The number of nitrogens with one attached hydrogen (secondary N) is 1. The van der Waals surface area contributed by atoms with E-state index >= 15 is 0 Å². The SMILES string of the molecule is C[C@]1(c2nc(-c3ccccc3)c(N3CCCCC3)o2)N[C@@H](Cc2ccccc2)COC1=O. The summed E-state index contributed by atoms with van der Waals surface area (Å²) in [5.41, 5.74) is 1.81. The summed E-state index contributed by atoms with van der Waals surface area (Å²) in [5, 5.41) is 3.49. The molecule has 3 heterocycles. The molecule has 2 aliphatic heterocycles. The van der Waals surface area contributed by atoms with Gasteiger partial charge in [0.15, 0.2) is 5.54 Å². The van der Waals surface area contributed by atoms with Gasteiger partial charge in [-0.25, -0.2) is 9.78 Å². The Hall–Kier alpha value is -3.12. The van der Waals surface area contributed by atoms with E-state index in [4.69, 9.17) is 14.1 Å². The summed E-state index contributed by atoms with van der Waals surface area (Å²) in [7, 11) is 0. The van der Waals surface area contributed by atoms with Gasteiger partial charge in [-0.2, -0.15) is 0 Å².